The number of carbonyl (C=O) groups excluding carboxylic acids is 1. The standard InChI is InChI=1S/C24H21ClN4O2S/c1-16-10-12-18(13-11-16)29-23(17-6-5-7-19(14-17)31-2)27-28-24(29)32-15-22(30)26-21-9-4-3-8-20(21)25/h3-14H,15H2,1-2H3,(H,26,30). The Hall–Kier alpha value is -3.29. The molecule has 162 valence electrons. The number of hydrogen-bond acceptors (Lipinski definition) is 5. The second-order valence-electron chi connectivity index (χ2n) is 7.03. The van der Waals surface area contributed by atoms with Gasteiger partial charge in [0.15, 0.2) is 11.0 Å². The number of anilines is 1. The molecule has 1 aromatic heterocycles. The third kappa shape index (κ3) is 4.95. The van der Waals surface area contributed by atoms with Crippen LogP contribution in [-0.4, -0.2) is 33.5 Å². The number of methoxy groups -OCH3 is 1. The second-order valence-corrected chi connectivity index (χ2v) is 8.38. The van der Waals surface area contributed by atoms with Crippen LogP contribution in [0.4, 0.5) is 5.69 Å². The number of carbonyl (C=O) groups is 1. The van der Waals surface area contributed by atoms with Crippen molar-refractivity contribution in [3.63, 3.8) is 0 Å². The van der Waals surface area contributed by atoms with E-state index in [1.807, 2.05) is 72.2 Å². The molecule has 1 heterocycles. The minimum atomic E-state index is -0.176. The van der Waals surface area contributed by atoms with Crippen LogP contribution in [0.25, 0.3) is 17.1 Å². The van der Waals surface area contributed by atoms with Crippen molar-refractivity contribution < 1.29 is 9.53 Å². The van der Waals surface area contributed by atoms with E-state index < -0.39 is 0 Å². The topological polar surface area (TPSA) is 69.0 Å². The number of halogens is 1. The molecule has 0 saturated heterocycles. The van der Waals surface area contributed by atoms with E-state index in [2.05, 4.69) is 15.5 Å². The van der Waals surface area contributed by atoms with Gasteiger partial charge in [-0.2, -0.15) is 0 Å². The number of ether oxygens (including phenoxy) is 1. The van der Waals surface area contributed by atoms with Gasteiger partial charge >= 0.3 is 0 Å². The van der Waals surface area contributed by atoms with E-state index in [0.29, 0.717) is 21.7 Å². The van der Waals surface area contributed by atoms with Gasteiger partial charge in [-0.3, -0.25) is 9.36 Å². The van der Waals surface area contributed by atoms with Crippen LogP contribution in [0.1, 0.15) is 5.56 Å². The van der Waals surface area contributed by atoms with Crippen molar-refractivity contribution in [3.05, 3.63) is 83.4 Å². The average molecular weight is 465 g/mol. The minimum absolute atomic E-state index is 0.160. The highest BCUT2D eigenvalue weighted by Crippen LogP contribution is 2.30. The van der Waals surface area contributed by atoms with E-state index in [-0.39, 0.29) is 11.7 Å². The SMILES string of the molecule is COc1cccc(-c2nnc(SCC(=O)Nc3ccccc3Cl)n2-c2ccc(C)cc2)c1. The van der Waals surface area contributed by atoms with Crippen molar-refractivity contribution in [1.29, 1.82) is 0 Å². The van der Waals surface area contributed by atoms with Gasteiger partial charge in [-0.15, -0.1) is 10.2 Å². The summed E-state index contributed by atoms with van der Waals surface area (Å²) in [7, 11) is 1.63. The Labute approximate surface area is 195 Å². The van der Waals surface area contributed by atoms with Crippen LogP contribution < -0.4 is 10.1 Å². The number of thioether (sulfide) groups is 1. The molecule has 0 atom stereocenters. The molecule has 0 saturated carbocycles. The van der Waals surface area contributed by atoms with Gasteiger partial charge < -0.3 is 10.1 Å². The Morgan fingerprint density at radius 1 is 1.06 bits per heavy atom. The molecule has 0 aliphatic heterocycles. The van der Waals surface area contributed by atoms with Gasteiger partial charge in [0.1, 0.15) is 5.75 Å². The number of nitrogens with zero attached hydrogens (tertiary/aromatic N) is 3. The summed E-state index contributed by atoms with van der Waals surface area (Å²) in [4.78, 5) is 12.5. The van der Waals surface area contributed by atoms with Crippen molar-refractivity contribution in [3.8, 4) is 22.8 Å². The van der Waals surface area contributed by atoms with Gasteiger partial charge in [-0.25, -0.2) is 0 Å². The summed E-state index contributed by atoms with van der Waals surface area (Å²) in [6.07, 6.45) is 0. The summed E-state index contributed by atoms with van der Waals surface area (Å²) in [6, 6.07) is 22.9. The van der Waals surface area contributed by atoms with E-state index >= 15 is 0 Å². The molecule has 3 aromatic carbocycles. The van der Waals surface area contributed by atoms with Gasteiger partial charge in [-0.1, -0.05) is 65.3 Å². The number of aryl methyl sites for hydroxylation is 1. The number of hydrogen-bond donors (Lipinski definition) is 1. The fraction of sp³-hybridized carbons (Fsp3) is 0.125. The Balaban J connectivity index is 1.63. The van der Waals surface area contributed by atoms with Crippen LogP contribution >= 0.6 is 23.4 Å². The first-order chi connectivity index (χ1) is 15.5. The van der Waals surface area contributed by atoms with Crippen molar-refractivity contribution in [2.45, 2.75) is 12.1 Å². The number of amides is 1. The van der Waals surface area contributed by atoms with E-state index in [0.717, 1.165) is 22.6 Å². The summed E-state index contributed by atoms with van der Waals surface area (Å²) in [6.45, 7) is 2.04. The van der Waals surface area contributed by atoms with E-state index in [4.69, 9.17) is 16.3 Å². The zero-order valence-electron chi connectivity index (χ0n) is 17.6. The van der Waals surface area contributed by atoms with E-state index in [1.54, 1.807) is 19.2 Å². The first-order valence-corrected chi connectivity index (χ1v) is 11.3. The molecule has 0 aliphatic rings. The smallest absolute Gasteiger partial charge is 0.234 e. The molecule has 0 aliphatic carbocycles. The molecule has 1 amide bonds. The zero-order chi connectivity index (χ0) is 22.5. The lowest BCUT2D eigenvalue weighted by Gasteiger charge is -2.12. The van der Waals surface area contributed by atoms with E-state index in [1.165, 1.54) is 11.8 Å². The zero-order valence-corrected chi connectivity index (χ0v) is 19.2. The first kappa shape index (κ1) is 21.9. The van der Waals surface area contributed by atoms with Crippen LogP contribution in [0.3, 0.4) is 0 Å². The molecule has 6 nitrogen and oxygen atoms in total. The molecule has 1 N–H and O–H groups in total. The predicted octanol–water partition coefficient (Wildman–Crippen LogP) is 5.64. The van der Waals surface area contributed by atoms with Crippen molar-refractivity contribution in [1.82, 2.24) is 14.8 Å². The molecular weight excluding hydrogens is 444 g/mol. The Kier molecular flexibility index (Phi) is 6.78. The minimum Gasteiger partial charge on any atom is -0.497 e. The molecule has 4 aromatic rings. The summed E-state index contributed by atoms with van der Waals surface area (Å²) >= 11 is 7.45. The third-order valence-electron chi connectivity index (χ3n) is 4.73. The number of para-hydroxylation sites is 1. The Morgan fingerprint density at radius 3 is 2.59 bits per heavy atom. The molecule has 0 unspecified atom stereocenters. The maximum atomic E-state index is 12.5. The molecule has 8 heteroatoms. The fourth-order valence-electron chi connectivity index (χ4n) is 3.12. The van der Waals surface area contributed by atoms with Gasteiger partial charge in [0.25, 0.3) is 0 Å². The number of nitrogens with one attached hydrogen (secondary N) is 1. The third-order valence-corrected chi connectivity index (χ3v) is 5.99. The largest absolute Gasteiger partial charge is 0.497 e. The second kappa shape index (κ2) is 9.89. The molecule has 0 radical (unpaired) electrons. The quantitative estimate of drug-likeness (QED) is 0.359. The first-order valence-electron chi connectivity index (χ1n) is 9.89. The van der Waals surface area contributed by atoms with Crippen LogP contribution in [0.2, 0.25) is 5.02 Å². The molecule has 0 bridgehead atoms. The van der Waals surface area contributed by atoms with Crippen molar-refractivity contribution in [2.75, 3.05) is 18.2 Å². The van der Waals surface area contributed by atoms with Gasteiger partial charge in [0.2, 0.25) is 5.91 Å². The molecule has 4 rings (SSSR count). The summed E-state index contributed by atoms with van der Waals surface area (Å²) in [5, 5.41) is 12.7. The van der Waals surface area contributed by atoms with Gasteiger partial charge in [0.05, 0.1) is 23.6 Å². The van der Waals surface area contributed by atoms with Gasteiger partial charge in [-0.05, 0) is 43.3 Å². The van der Waals surface area contributed by atoms with Crippen molar-refractivity contribution >= 4 is 35.0 Å². The number of aromatic nitrogens is 3. The average Bonchev–Trinajstić information content (AvgIpc) is 3.24. The van der Waals surface area contributed by atoms with E-state index in [9.17, 15) is 4.79 Å². The maximum Gasteiger partial charge on any atom is 0.234 e. The molecule has 0 fully saturated rings. The van der Waals surface area contributed by atoms with Gasteiger partial charge in [0, 0.05) is 11.3 Å². The highest BCUT2D eigenvalue weighted by molar-refractivity contribution is 7.99. The highest BCUT2D eigenvalue weighted by atomic mass is 35.5. The van der Waals surface area contributed by atoms with Crippen LogP contribution in [0.5, 0.6) is 5.75 Å². The molecule has 0 spiro atoms. The Morgan fingerprint density at radius 2 is 1.84 bits per heavy atom. The molecular formula is C24H21ClN4O2S. The summed E-state index contributed by atoms with van der Waals surface area (Å²) in [5.74, 6) is 1.38. The number of benzene rings is 3. The lowest BCUT2D eigenvalue weighted by molar-refractivity contribution is -0.113. The monoisotopic (exact) mass is 464 g/mol. The number of rotatable bonds is 7. The van der Waals surface area contributed by atoms with Crippen molar-refractivity contribution in [2.24, 2.45) is 0 Å². The fourth-order valence-corrected chi connectivity index (χ4v) is 4.05. The van der Waals surface area contributed by atoms with Crippen LogP contribution in [0, 0.1) is 6.92 Å². The Bertz CT molecular complexity index is 1240. The molecule has 32 heavy (non-hydrogen) atoms. The lowest BCUT2D eigenvalue weighted by atomic mass is 10.2. The summed E-state index contributed by atoms with van der Waals surface area (Å²) < 4.78 is 7.31. The van der Waals surface area contributed by atoms with Crippen LogP contribution in [-0.2, 0) is 4.79 Å². The highest BCUT2D eigenvalue weighted by Gasteiger charge is 2.18. The predicted molar refractivity (Wildman–Crippen MR) is 129 cm³/mol. The van der Waals surface area contributed by atoms with Crippen LogP contribution in [0.15, 0.2) is 78.0 Å². The summed E-state index contributed by atoms with van der Waals surface area (Å²) in [5.41, 5.74) is 3.51. The maximum absolute atomic E-state index is 12.5. The normalized spacial score (nSPS) is 10.7. The lowest BCUT2D eigenvalue weighted by Crippen LogP contribution is -2.14.